The first-order valence-corrected chi connectivity index (χ1v) is 4.52. The number of hydrogen-bond acceptors (Lipinski definition) is 5. The number of rotatable bonds is 4. The van der Waals surface area contributed by atoms with Crippen LogP contribution in [0.2, 0.25) is 0 Å². The van der Waals surface area contributed by atoms with Gasteiger partial charge in [-0.1, -0.05) is 0 Å². The van der Waals surface area contributed by atoms with Crippen molar-refractivity contribution in [3.8, 4) is 0 Å². The van der Waals surface area contributed by atoms with Crippen LogP contribution in [0.4, 0.5) is 0 Å². The molecule has 5 heteroatoms. The molecule has 1 rings (SSSR count). The number of carbonyl (C=O) groups excluding carboxylic acids is 2. The van der Waals surface area contributed by atoms with Gasteiger partial charge in [0, 0.05) is 6.92 Å². The Morgan fingerprint density at radius 3 is 2.67 bits per heavy atom. The molecule has 1 aromatic rings. The van der Waals surface area contributed by atoms with E-state index in [0.29, 0.717) is 12.4 Å². The number of furan rings is 1. The minimum Gasteiger partial charge on any atom is -0.460 e. The van der Waals surface area contributed by atoms with Crippen molar-refractivity contribution >= 4 is 11.9 Å². The summed E-state index contributed by atoms with van der Waals surface area (Å²) >= 11 is 0. The Morgan fingerprint density at radius 2 is 2.07 bits per heavy atom. The van der Waals surface area contributed by atoms with Gasteiger partial charge in [-0.05, 0) is 19.1 Å². The molecule has 0 spiro atoms. The van der Waals surface area contributed by atoms with Crippen molar-refractivity contribution in [1.29, 1.82) is 0 Å². The van der Waals surface area contributed by atoms with Gasteiger partial charge in [0.1, 0.15) is 12.4 Å². The molecule has 0 saturated carbocycles. The Labute approximate surface area is 87.0 Å². The molecule has 0 aliphatic carbocycles. The van der Waals surface area contributed by atoms with Crippen molar-refractivity contribution in [3.05, 3.63) is 23.7 Å². The second-order valence-corrected chi connectivity index (χ2v) is 2.77. The molecule has 0 amide bonds. The molecule has 1 heterocycles. The summed E-state index contributed by atoms with van der Waals surface area (Å²) in [5, 5.41) is 0. The van der Waals surface area contributed by atoms with Gasteiger partial charge in [-0.15, -0.1) is 0 Å². The third-order valence-electron chi connectivity index (χ3n) is 1.56. The molecule has 82 valence electrons. The largest absolute Gasteiger partial charge is 0.460 e. The lowest BCUT2D eigenvalue weighted by Crippen LogP contribution is -2.03. The summed E-state index contributed by atoms with van der Waals surface area (Å²) in [5.74, 6) is -0.400. The fraction of sp³-hybridized carbons (Fsp3) is 0.400. The highest BCUT2D eigenvalue weighted by molar-refractivity contribution is 5.86. The highest BCUT2D eigenvalue weighted by Gasteiger charge is 2.12. The highest BCUT2D eigenvalue weighted by Crippen LogP contribution is 2.10. The molecular formula is C10H12O5. The van der Waals surface area contributed by atoms with Gasteiger partial charge < -0.3 is 13.9 Å². The van der Waals surface area contributed by atoms with Crippen molar-refractivity contribution in [3.63, 3.8) is 0 Å². The first-order chi connectivity index (χ1) is 7.13. The van der Waals surface area contributed by atoms with E-state index in [4.69, 9.17) is 13.9 Å². The van der Waals surface area contributed by atoms with Crippen LogP contribution >= 0.6 is 0 Å². The molecular weight excluding hydrogens is 200 g/mol. The summed E-state index contributed by atoms with van der Waals surface area (Å²) in [6, 6.07) is 3.05. The van der Waals surface area contributed by atoms with Crippen LogP contribution in [0.15, 0.2) is 16.5 Å². The van der Waals surface area contributed by atoms with Crippen LogP contribution in [0.3, 0.4) is 0 Å². The van der Waals surface area contributed by atoms with Crippen LogP contribution < -0.4 is 0 Å². The Kier molecular flexibility index (Phi) is 3.91. The summed E-state index contributed by atoms with van der Waals surface area (Å²) in [4.78, 5) is 21.7. The number of carbonyl (C=O) groups is 2. The van der Waals surface area contributed by atoms with E-state index in [2.05, 4.69) is 0 Å². The number of ether oxygens (including phenoxy) is 2. The van der Waals surface area contributed by atoms with Crippen molar-refractivity contribution in [2.75, 3.05) is 6.61 Å². The molecule has 0 bridgehead atoms. The van der Waals surface area contributed by atoms with Crippen LogP contribution in [0.5, 0.6) is 0 Å². The van der Waals surface area contributed by atoms with Crippen LogP contribution in [0, 0.1) is 0 Å². The number of hydrogen-bond donors (Lipinski definition) is 0. The lowest BCUT2D eigenvalue weighted by Gasteiger charge is -1.98. The first kappa shape index (κ1) is 11.3. The average Bonchev–Trinajstić information content (AvgIpc) is 2.63. The molecule has 0 atom stereocenters. The van der Waals surface area contributed by atoms with E-state index >= 15 is 0 Å². The lowest BCUT2D eigenvalue weighted by atomic mass is 10.4. The summed E-state index contributed by atoms with van der Waals surface area (Å²) in [5.41, 5.74) is 0. The SMILES string of the molecule is CCOC(=O)c1ccc(COC(C)=O)o1. The fourth-order valence-corrected chi connectivity index (χ4v) is 0.940. The zero-order valence-electron chi connectivity index (χ0n) is 8.61. The van der Waals surface area contributed by atoms with Crippen LogP contribution in [0.1, 0.15) is 30.2 Å². The molecule has 0 aromatic carbocycles. The van der Waals surface area contributed by atoms with Crippen molar-refractivity contribution in [2.24, 2.45) is 0 Å². The van der Waals surface area contributed by atoms with Crippen LogP contribution in [0.25, 0.3) is 0 Å². The van der Waals surface area contributed by atoms with Crippen LogP contribution in [-0.4, -0.2) is 18.5 Å². The molecule has 5 nitrogen and oxygen atoms in total. The summed E-state index contributed by atoms with van der Waals surface area (Å²) in [7, 11) is 0. The maximum atomic E-state index is 11.2. The Morgan fingerprint density at radius 1 is 1.33 bits per heavy atom. The Hall–Kier alpha value is -1.78. The van der Waals surface area contributed by atoms with Crippen LogP contribution in [-0.2, 0) is 20.9 Å². The molecule has 15 heavy (non-hydrogen) atoms. The smallest absolute Gasteiger partial charge is 0.374 e. The predicted octanol–water partition coefficient (Wildman–Crippen LogP) is 1.52. The molecule has 0 N–H and O–H groups in total. The molecule has 0 fully saturated rings. The summed E-state index contributed by atoms with van der Waals surface area (Å²) < 4.78 is 14.5. The predicted molar refractivity (Wildman–Crippen MR) is 50.1 cm³/mol. The van der Waals surface area contributed by atoms with Gasteiger partial charge in [-0.3, -0.25) is 4.79 Å². The minimum atomic E-state index is -0.522. The van der Waals surface area contributed by atoms with E-state index in [-0.39, 0.29) is 12.4 Å². The van der Waals surface area contributed by atoms with E-state index in [0.717, 1.165) is 0 Å². The van der Waals surface area contributed by atoms with E-state index in [9.17, 15) is 9.59 Å². The fourth-order valence-electron chi connectivity index (χ4n) is 0.940. The second kappa shape index (κ2) is 5.19. The summed E-state index contributed by atoms with van der Waals surface area (Å²) in [6.07, 6.45) is 0. The van der Waals surface area contributed by atoms with Crippen molar-refractivity contribution in [2.45, 2.75) is 20.5 Å². The van der Waals surface area contributed by atoms with Crippen molar-refractivity contribution < 1.29 is 23.5 Å². The topological polar surface area (TPSA) is 65.7 Å². The third-order valence-corrected chi connectivity index (χ3v) is 1.56. The average molecular weight is 212 g/mol. The zero-order valence-corrected chi connectivity index (χ0v) is 8.61. The van der Waals surface area contributed by atoms with Gasteiger partial charge in [-0.2, -0.15) is 0 Å². The second-order valence-electron chi connectivity index (χ2n) is 2.77. The Balaban J connectivity index is 2.56. The van der Waals surface area contributed by atoms with Gasteiger partial charge >= 0.3 is 11.9 Å². The summed E-state index contributed by atoms with van der Waals surface area (Å²) in [6.45, 7) is 3.32. The molecule has 0 unspecified atom stereocenters. The minimum absolute atomic E-state index is 0.0226. The van der Waals surface area contributed by atoms with Gasteiger partial charge in [0.2, 0.25) is 5.76 Å². The normalized spacial score (nSPS) is 9.73. The maximum absolute atomic E-state index is 11.2. The molecule has 0 aliphatic rings. The van der Waals surface area contributed by atoms with Gasteiger partial charge in [0.15, 0.2) is 0 Å². The van der Waals surface area contributed by atoms with E-state index in [1.807, 2.05) is 0 Å². The van der Waals surface area contributed by atoms with Gasteiger partial charge in [-0.25, -0.2) is 4.79 Å². The van der Waals surface area contributed by atoms with E-state index in [1.165, 1.54) is 13.0 Å². The van der Waals surface area contributed by atoms with Gasteiger partial charge in [0.05, 0.1) is 6.61 Å². The first-order valence-electron chi connectivity index (χ1n) is 4.52. The lowest BCUT2D eigenvalue weighted by molar-refractivity contribution is -0.142. The molecule has 0 saturated heterocycles. The van der Waals surface area contributed by atoms with E-state index < -0.39 is 11.9 Å². The highest BCUT2D eigenvalue weighted by atomic mass is 16.6. The zero-order chi connectivity index (χ0) is 11.3. The Bertz CT molecular complexity index is 352. The quantitative estimate of drug-likeness (QED) is 0.708. The standard InChI is InChI=1S/C10H12O5/c1-3-13-10(12)9-5-4-8(15-9)6-14-7(2)11/h4-5H,3,6H2,1-2H3. The number of esters is 2. The van der Waals surface area contributed by atoms with Crippen molar-refractivity contribution in [1.82, 2.24) is 0 Å². The monoisotopic (exact) mass is 212 g/mol. The van der Waals surface area contributed by atoms with Gasteiger partial charge in [0.25, 0.3) is 0 Å². The molecule has 0 radical (unpaired) electrons. The third kappa shape index (κ3) is 3.46. The maximum Gasteiger partial charge on any atom is 0.374 e. The molecule has 0 aliphatic heterocycles. The molecule has 1 aromatic heterocycles. The van der Waals surface area contributed by atoms with E-state index in [1.54, 1.807) is 13.0 Å².